The molecule has 1 atom stereocenters. The van der Waals surface area contributed by atoms with Crippen molar-refractivity contribution >= 4 is 52.7 Å². The molecule has 20 heavy (non-hydrogen) atoms. The highest BCUT2D eigenvalue weighted by Crippen LogP contribution is 2.32. The summed E-state index contributed by atoms with van der Waals surface area (Å²) in [7, 11) is 0. The zero-order chi connectivity index (χ0) is 15.3. The van der Waals surface area contributed by atoms with E-state index >= 15 is 0 Å². The minimum Gasteiger partial charge on any atom is -0.351 e. The Morgan fingerprint density at radius 1 is 1.35 bits per heavy atom. The summed E-state index contributed by atoms with van der Waals surface area (Å²) in [4.78, 5) is 32.3. The number of Topliss-reactive ketones (excluding diaryl/α,β-unsaturated/α-hetero) is 1. The lowest BCUT2D eigenvalue weighted by molar-refractivity contribution is -0.384. The smallest absolute Gasteiger partial charge is 0.269 e. The van der Waals surface area contributed by atoms with Gasteiger partial charge in [-0.05, 0) is 12.1 Å². The molecule has 0 aromatic heterocycles. The molecule has 0 saturated heterocycles. The van der Waals surface area contributed by atoms with E-state index in [9.17, 15) is 19.7 Å². The molecule has 0 aliphatic heterocycles. The number of nitrogens with one attached hydrogen (secondary N) is 1. The molecular weight excluding hydrogens is 330 g/mol. The number of rotatable bonds is 6. The summed E-state index contributed by atoms with van der Waals surface area (Å²) in [5.41, 5.74) is 0.0908. The summed E-state index contributed by atoms with van der Waals surface area (Å²) in [5.74, 6) is -0.412. The van der Waals surface area contributed by atoms with E-state index in [1.165, 1.54) is 24.3 Å². The van der Waals surface area contributed by atoms with Crippen LogP contribution in [-0.2, 0) is 4.79 Å². The molecule has 1 unspecified atom stereocenters. The van der Waals surface area contributed by atoms with Gasteiger partial charge in [0.15, 0.2) is 5.78 Å². The number of nitro groups is 1. The van der Waals surface area contributed by atoms with Gasteiger partial charge in [-0.3, -0.25) is 19.7 Å². The molecule has 0 bridgehead atoms. The van der Waals surface area contributed by atoms with Crippen molar-refractivity contribution in [3.63, 3.8) is 0 Å². The molecule has 0 spiro atoms. The first-order valence-corrected chi connectivity index (χ1v) is 6.43. The molecule has 9 heteroatoms. The van der Waals surface area contributed by atoms with Crippen LogP contribution in [0.4, 0.5) is 5.69 Å². The summed E-state index contributed by atoms with van der Waals surface area (Å²) in [5, 5.41) is 12.7. The van der Waals surface area contributed by atoms with E-state index in [1.807, 2.05) is 0 Å². The van der Waals surface area contributed by atoms with Crippen molar-refractivity contribution in [1.82, 2.24) is 5.32 Å². The molecule has 1 rings (SSSR count). The number of carbonyl (C=O) groups is 2. The average Bonchev–Trinajstić information content (AvgIpc) is 2.37. The largest absolute Gasteiger partial charge is 0.351 e. The number of nitrogens with zero attached hydrogens (tertiary/aromatic N) is 1. The third-order valence-electron chi connectivity index (χ3n) is 2.45. The molecular formula is C11H9Cl3N2O4. The lowest BCUT2D eigenvalue weighted by Crippen LogP contribution is -2.41. The number of nitro benzene ring substituents is 1. The van der Waals surface area contributed by atoms with Crippen molar-refractivity contribution < 1.29 is 14.5 Å². The topological polar surface area (TPSA) is 89.3 Å². The molecule has 0 saturated carbocycles. The van der Waals surface area contributed by atoms with Crippen LogP contribution in [0, 0.1) is 10.1 Å². The van der Waals surface area contributed by atoms with Gasteiger partial charge in [0.05, 0.1) is 11.0 Å². The van der Waals surface area contributed by atoms with E-state index in [-0.39, 0.29) is 17.7 Å². The zero-order valence-corrected chi connectivity index (χ0v) is 12.2. The van der Waals surface area contributed by atoms with E-state index in [0.717, 1.165) is 0 Å². The van der Waals surface area contributed by atoms with Crippen LogP contribution >= 0.6 is 34.8 Å². The molecule has 0 heterocycles. The Hall–Kier alpha value is -1.37. The molecule has 1 N–H and O–H groups in total. The molecule has 0 aliphatic rings. The molecule has 1 aromatic rings. The maximum absolute atomic E-state index is 12.0. The second-order valence-electron chi connectivity index (χ2n) is 3.81. The first-order chi connectivity index (χ1) is 9.25. The normalized spacial score (nSPS) is 12.6. The first-order valence-electron chi connectivity index (χ1n) is 5.29. The van der Waals surface area contributed by atoms with Gasteiger partial charge in [-0.1, -0.05) is 34.8 Å². The molecule has 1 aromatic carbocycles. The van der Waals surface area contributed by atoms with E-state index < -0.39 is 20.5 Å². The van der Waals surface area contributed by atoms with Gasteiger partial charge < -0.3 is 5.32 Å². The van der Waals surface area contributed by atoms with Crippen LogP contribution in [0.1, 0.15) is 16.8 Å². The number of ketones is 1. The standard InChI is InChI=1S/C11H9Cl3N2O4/c12-11(13,14)10(15-6-17)5-9(18)7-1-3-8(4-2-7)16(19)20/h1-4,6,10H,5H2,(H,15,17). The molecule has 108 valence electrons. The van der Waals surface area contributed by atoms with Crippen LogP contribution < -0.4 is 5.32 Å². The fraction of sp³-hybridized carbons (Fsp3) is 0.273. The number of benzene rings is 1. The number of carbonyl (C=O) groups excluding carboxylic acids is 2. The van der Waals surface area contributed by atoms with E-state index in [2.05, 4.69) is 5.32 Å². The highest BCUT2D eigenvalue weighted by atomic mass is 35.6. The van der Waals surface area contributed by atoms with Crippen molar-refractivity contribution in [2.45, 2.75) is 16.3 Å². The maximum Gasteiger partial charge on any atom is 0.269 e. The number of non-ortho nitro benzene ring substituents is 1. The lowest BCUT2D eigenvalue weighted by Gasteiger charge is -2.22. The van der Waals surface area contributed by atoms with E-state index in [0.29, 0.717) is 6.41 Å². The van der Waals surface area contributed by atoms with Gasteiger partial charge in [0.1, 0.15) is 0 Å². The molecule has 1 amide bonds. The number of alkyl halides is 3. The maximum atomic E-state index is 12.0. The summed E-state index contributed by atoms with van der Waals surface area (Å²) < 4.78 is -1.84. The number of amides is 1. The Labute approximate surface area is 129 Å². The highest BCUT2D eigenvalue weighted by Gasteiger charge is 2.34. The summed E-state index contributed by atoms with van der Waals surface area (Å²) in [6.45, 7) is 0. The van der Waals surface area contributed by atoms with Crippen LogP contribution in [0.25, 0.3) is 0 Å². The van der Waals surface area contributed by atoms with Crippen LogP contribution in [-0.4, -0.2) is 27.0 Å². The summed E-state index contributed by atoms with van der Waals surface area (Å²) in [6, 6.07) is 4.01. The van der Waals surface area contributed by atoms with Crippen molar-refractivity contribution in [3.05, 3.63) is 39.9 Å². The Kier molecular flexibility index (Phi) is 5.74. The summed E-state index contributed by atoms with van der Waals surface area (Å²) in [6.07, 6.45) is 0.0860. The Morgan fingerprint density at radius 2 is 1.90 bits per heavy atom. The first kappa shape index (κ1) is 16.7. The number of hydrogen-bond acceptors (Lipinski definition) is 4. The quantitative estimate of drug-likeness (QED) is 0.284. The van der Waals surface area contributed by atoms with Gasteiger partial charge in [0.25, 0.3) is 5.69 Å². The van der Waals surface area contributed by atoms with Gasteiger partial charge in [-0.15, -0.1) is 0 Å². The van der Waals surface area contributed by atoms with Gasteiger partial charge in [-0.25, -0.2) is 0 Å². The average molecular weight is 340 g/mol. The SMILES string of the molecule is O=CNC(CC(=O)c1ccc([N+](=O)[O-])cc1)C(Cl)(Cl)Cl. The number of halogens is 3. The van der Waals surface area contributed by atoms with Crippen molar-refractivity contribution in [2.24, 2.45) is 0 Å². The van der Waals surface area contributed by atoms with Crippen LogP contribution in [0.15, 0.2) is 24.3 Å². The fourth-order valence-corrected chi connectivity index (χ4v) is 1.84. The Morgan fingerprint density at radius 3 is 2.30 bits per heavy atom. The highest BCUT2D eigenvalue weighted by molar-refractivity contribution is 6.68. The molecule has 6 nitrogen and oxygen atoms in total. The Bertz CT molecular complexity index is 513. The predicted octanol–water partition coefficient (Wildman–Crippen LogP) is 2.65. The molecule has 0 aliphatic carbocycles. The second kappa shape index (κ2) is 6.88. The van der Waals surface area contributed by atoms with E-state index in [1.54, 1.807) is 0 Å². The third kappa shape index (κ3) is 4.63. The van der Waals surface area contributed by atoms with Crippen molar-refractivity contribution in [3.8, 4) is 0 Å². The third-order valence-corrected chi connectivity index (χ3v) is 3.24. The van der Waals surface area contributed by atoms with E-state index in [4.69, 9.17) is 34.8 Å². The monoisotopic (exact) mass is 338 g/mol. The summed E-state index contributed by atoms with van der Waals surface area (Å²) >= 11 is 16.9. The fourth-order valence-electron chi connectivity index (χ4n) is 1.42. The van der Waals surface area contributed by atoms with Crippen molar-refractivity contribution in [1.29, 1.82) is 0 Å². The van der Waals surface area contributed by atoms with Gasteiger partial charge in [0, 0.05) is 24.1 Å². The van der Waals surface area contributed by atoms with Gasteiger partial charge in [-0.2, -0.15) is 0 Å². The Balaban J connectivity index is 2.83. The molecule has 0 radical (unpaired) electrons. The number of hydrogen-bond donors (Lipinski definition) is 1. The van der Waals surface area contributed by atoms with Crippen LogP contribution in [0.5, 0.6) is 0 Å². The predicted molar refractivity (Wildman–Crippen MR) is 75.3 cm³/mol. The van der Waals surface area contributed by atoms with Gasteiger partial charge >= 0.3 is 0 Å². The second-order valence-corrected chi connectivity index (χ2v) is 6.18. The lowest BCUT2D eigenvalue weighted by atomic mass is 10.0. The van der Waals surface area contributed by atoms with Gasteiger partial charge in [0.2, 0.25) is 10.2 Å². The minimum atomic E-state index is -1.84. The molecule has 0 fully saturated rings. The van der Waals surface area contributed by atoms with Crippen LogP contribution in [0.3, 0.4) is 0 Å². The minimum absolute atomic E-state index is 0.134. The zero-order valence-electron chi connectivity index (χ0n) is 9.89. The van der Waals surface area contributed by atoms with Crippen LogP contribution in [0.2, 0.25) is 0 Å². The van der Waals surface area contributed by atoms with Crippen molar-refractivity contribution in [2.75, 3.05) is 0 Å².